The predicted molar refractivity (Wildman–Crippen MR) is 122 cm³/mol. The number of hydrogen-bond acceptors (Lipinski definition) is 5. The van der Waals surface area contributed by atoms with Crippen molar-refractivity contribution in [1.29, 1.82) is 0 Å². The van der Waals surface area contributed by atoms with Crippen molar-refractivity contribution in [3.63, 3.8) is 0 Å². The summed E-state index contributed by atoms with van der Waals surface area (Å²) in [5, 5.41) is 11.0. The van der Waals surface area contributed by atoms with Crippen LogP contribution in [0.5, 0.6) is 0 Å². The molecule has 0 saturated carbocycles. The van der Waals surface area contributed by atoms with Crippen LogP contribution < -0.4 is 10.2 Å². The molecule has 3 aromatic rings. The fourth-order valence-corrected chi connectivity index (χ4v) is 4.47. The van der Waals surface area contributed by atoms with Crippen molar-refractivity contribution >= 4 is 29.3 Å². The number of nitrogens with zero attached hydrogens (tertiary/aromatic N) is 4. The smallest absolute Gasteiger partial charge is 0.237 e. The zero-order valence-electron chi connectivity index (χ0n) is 18.0. The standard InChI is InChI=1S/C23H25F2N5OS/c1-15-9-11-17(12-10-15)30-22(29-13-4-3-5-14-29)27-28-23(30)32-16(2)21(31)26-20-18(24)7-6-8-19(20)25/h6-12,16H,3-5,13-14H2,1-2H3,(H,26,31). The summed E-state index contributed by atoms with van der Waals surface area (Å²) in [7, 11) is 0. The van der Waals surface area contributed by atoms with Crippen LogP contribution in [0.4, 0.5) is 20.4 Å². The predicted octanol–water partition coefficient (Wildman–Crippen LogP) is 4.96. The monoisotopic (exact) mass is 457 g/mol. The molecule has 0 spiro atoms. The number of halogens is 2. The Bertz CT molecular complexity index is 1080. The summed E-state index contributed by atoms with van der Waals surface area (Å²) in [5.74, 6) is -1.41. The van der Waals surface area contributed by atoms with Gasteiger partial charge in [0.1, 0.15) is 17.3 Å². The number of rotatable bonds is 6. The van der Waals surface area contributed by atoms with E-state index in [9.17, 15) is 13.6 Å². The van der Waals surface area contributed by atoms with Crippen LogP contribution in [0.1, 0.15) is 31.7 Å². The van der Waals surface area contributed by atoms with Crippen molar-refractivity contribution in [2.45, 2.75) is 43.5 Å². The second-order valence-electron chi connectivity index (χ2n) is 7.85. The van der Waals surface area contributed by atoms with Crippen molar-refractivity contribution in [1.82, 2.24) is 14.8 Å². The first-order chi connectivity index (χ1) is 15.4. The third kappa shape index (κ3) is 4.77. The van der Waals surface area contributed by atoms with Crippen LogP contribution in [0.25, 0.3) is 5.69 Å². The first-order valence-corrected chi connectivity index (χ1v) is 11.5. The van der Waals surface area contributed by atoms with Crippen molar-refractivity contribution in [2.75, 3.05) is 23.3 Å². The molecule has 2 heterocycles. The number of carbonyl (C=O) groups excluding carboxylic acids is 1. The third-order valence-corrected chi connectivity index (χ3v) is 6.45. The Morgan fingerprint density at radius 3 is 2.34 bits per heavy atom. The summed E-state index contributed by atoms with van der Waals surface area (Å²) >= 11 is 1.20. The average molecular weight is 458 g/mol. The molecule has 6 nitrogen and oxygen atoms in total. The summed E-state index contributed by atoms with van der Waals surface area (Å²) in [6.07, 6.45) is 3.38. The minimum Gasteiger partial charge on any atom is -0.341 e. The number of aromatic nitrogens is 3. The Labute approximate surface area is 190 Å². The van der Waals surface area contributed by atoms with Gasteiger partial charge >= 0.3 is 0 Å². The van der Waals surface area contributed by atoms with Crippen LogP contribution in [-0.4, -0.2) is 39.0 Å². The molecule has 1 aliphatic rings. The van der Waals surface area contributed by atoms with Gasteiger partial charge in [0.15, 0.2) is 5.16 Å². The van der Waals surface area contributed by atoms with E-state index in [1.807, 2.05) is 35.8 Å². The van der Waals surface area contributed by atoms with Gasteiger partial charge in [-0.2, -0.15) is 0 Å². The number of thioether (sulfide) groups is 1. The highest BCUT2D eigenvalue weighted by molar-refractivity contribution is 8.00. The lowest BCUT2D eigenvalue weighted by Crippen LogP contribution is -2.31. The van der Waals surface area contributed by atoms with E-state index >= 15 is 0 Å². The van der Waals surface area contributed by atoms with Gasteiger partial charge in [0, 0.05) is 13.1 Å². The fourth-order valence-electron chi connectivity index (χ4n) is 3.61. The van der Waals surface area contributed by atoms with Gasteiger partial charge in [-0.15, -0.1) is 10.2 Å². The molecule has 1 amide bonds. The summed E-state index contributed by atoms with van der Waals surface area (Å²) in [4.78, 5) is 14.9. The molecule has 1 aromatic heterocycles. The van der Waals surface area contributed by atoms with Crippen molar-refractivity contribution in [2.24, 2.45) is 0 Å². The highest BCUT2D eigenvalue weighted by Gasteiger charge is 2.25. The first kappa shape index (κ1) is 22.3. The minimum atomic E-state index is -0.814. The number of piperidine rings is 1. The Hall–Kier alpha value is -2.94. The zero-order chi connectivity index (χ0) is 22.7. The number of nitrogens with one attached hydrogen (secondary N) is 1. The lowest BCUT2D eigenvalue weighted by atomic mass is 10.1. The van der Waals surface area contributed by atoms with Crippen molar-refractivity contribution < 1.29 is 13.6 Å². The molecule has 4 rings (SSSR count). The van der Waals surface area contributed by atoms with Gasteiger partial charge in [0.2, 0.25) is 11.9 Å². The van der Waals surface area contributed by atoms with E-state index in [1.54, 1.807) is 6.92 Å². The van der Waals surface area contributed by atoms with Gasteiger partial charge in [0.05, 0.1) is 10.9 Å². The van der Waals surface area contributed by atoms with Gasteiger partial charge in [0.25, 0.3) is 0 Å². The Morgan fingerprint density at radius 1 is 1.03 bits per heavy atom. The van der Waals surface area contributed by atoms with E-state index in [0.29, 0.717) is 5.16 Å². The van der Waals surface area contributed by atoms with Gasteiger partial charge in [-0.3, -0.25) is 9.36 Å². The summed E-state index contributed by atoms with van der Waals surface area (Å²) < 4.78 is 29.8. The topological polar surface area (TPSA) is 63.1 Å². The number of aryl methyl sites for hydroxylation is 1. The molecule has 1 saturated heterocycles. The maximum atomic E-state index is 13.9. The van der Waals surface area contributed by atoms with Crippen LogP contribution in [0.3, 0.4) is 0 Å². The molecular formula is C23H25F2N5OS. The number of carbonyl (C=O) groups is 1. The van der Waals surface area contributed by atoms with Gasteiger partial charge in [-0.1, -0.05) is 35.5 Å². The largest absolute Gasteiger partial charge is 0.341 e. The van der Waals surface area contributed by atoms with Crippen LogP contribution in [0, 0.1) is 18.6 Å². The lowest BCUT2D eigenvalue weighted by Gasteiger charge is -2.28. The quantitative estimate of drug-likeness (QED) is 0.530. The highest BCUT2D eigenvalue weighted by atomic mass is 32.2. The second kappa shape index (κ2) is 9.68. The fraction of sp³-hybridized carbons (Fsp3) is 0.348. The van der Waals surface area contributed by atoms with Crippen LogP contribution in [0.2, 0.25) is 0 Å². The van der Waals surface area contributed by atoms with Crippen LogP contribution in [-0.2, 0) is 4.79 Å². The molecule has 32 heavy (non-hydrogen) atoms. The van der Waals surface area contributed by atoms with E-state index in [0.717, 1.165) is 55.3 Å². The number of para-hydroxylation sites is 1. The molecule has 1 unspecified atom stereocenters. The third-order valence-electron chi connectivity index (χ3n) is 5.41. The first-order valence-electron chi connectivity index (χ1n) is 10.6. The van der Waals surface area contributed by atoms with Crippen molar-refractivity contribution in [3.8, 4) is 5.69 Å². The summed E-state index contributed by atoms with van der Waals surface area (Å²) in [6, 6.07) is 11.5. The van der Waals surface area contributed by atoms with E-state index in [4.69, 9.17) is 0 Å². The molecular weight excluding hydrogens is 432 g/mol. The Morgan fingerprint density at radius 2 is 1.69 bits per heavy atom. The van der Waals surface area contributed by atoms with Crippen molar-refractivity contribution in [3.05, 3.63) is 59.7 Å². The molecule has 1 atom stereocenters. The summed E-state index contributed by atoms with van der Waals surface area (Å²) in [6.45, 7) is 5.49. The highest BCUT2D eigenvalue weighted by Crippen LogP contribution is 2.31. The molecule has 0 bridgehead atoms. The van der Waals surface area contributed by atoms with E-state index in [1.165, 1.54) is 24.2 Å². The molecule has 9 heteroatoms. The number of benzene rings is 2. The van der Waals surface area contributed by atoms with Gasteiger partial charge in [-0.25, -0.2) is 8.78 Å². The Kier molecular flexibility index (Phi) is 6.74. The molecule has 1 fully saturated rings. The van der Waals surface area contributed by atoms with Gasteiger partial charge < -0.3 is 10.2 Å². The zero-order valence-corrected chi connectivity index (χ0v) is 18.8. The van der Waals surface area contributed by atoms with E-state index in [2.05, 4.69) is 20.4 Å². The molecule has 1 N–H and O–H groups in total. The van der Waals surface area contributed by atoms with E-state index < -0.39 is 28.5 Å². The number of amides is 1. The SMILES string of the molecule is Cc1ccc(-n2c(SC(C)C(=O)Nc3c(F)cccc3F)nnc2N2CCCCC2)cc1. The number of hydrogen-bond donors (Lipinski definition) is 1. The minimum absolute atomic E-state index is 0.445. The second-order valence-corrected chi connectivity index (χ2v) is 9.16. The normalized spacial score (nSPS) is 14.9. The van der Waals surface area contributed by atoms with Crippen LogP contribution >= 0.6 is 11.8 Å². The molecule has 2 aromatic carbocycles. The van der Waals surface area contributed by atoms with Crippen LogP contribution in [0.15, 0.2) is 47.6 Å². The Balaban J connectivity index is 1.60. The summed E-state index contributed by atoms with van der Waals surface area (Å²) in [5.41, 5.74) is 1.59. The lowest BCUT2D eigenvalue weighted by molar-refractivity contribution is -0.115. The molecule has 0 aliphatic carbocycles. The van der Waals surface area contributed by atoms with Gasteiger partial charge in [-0.05, 0) is 57.4 Å². The maximum Gasteiger partial charge on any atom is 0.237 e. The molecule has 168 valence electrons. The number of anilines is 2. The average Bonchev–Trinajstić information content (AvgIpc) is 3.20. The van der Waals surface area contributed by atoms with E-state index in [-0.39, 0.29) is 0 Å². The molecule has 0 radical (unpaired) electrons. The molecule has 1 aliphatic heterocycles. The maximum absolute atomic E-state index is 13.9.